The average Bonchev–Trinajstić information content (AvgIpc) is 3.08. The van der Waals surface area contributed by atoms with Crippen LogP contribution in [0.2, 0.25) is 0 Å². The number of amides is 2. The lowest BCUT2D eigenvalue weighted by Gasteiger charge is -2.35. The summed E-state index contributed by atoms with van der Waals surface area (Å²) in [5.74, 6) is -5.93. The summed E-state index contributed by atoms with van der Waals surface area (Å²) in [6, 6.07) is 6.15. The van der Waals surface area contributed by atoms with Gasteiger partial charge < -0.3 is 25.6 Å². The monoisotopic (exact) mass is 608 g/mol. The Morgan fingerprint density at radius 1 is 1.13 bits per heavy atom. The molecule has 5 rings (SSSR count). The zero-order valence-corrected chi connectivity index (χ0v) is 23.1. The van der Waals surface area contributed by atoms with E-state index in [1.165, 1.54) is 17.8 Å². The number of carbonyl (C=O) groups excluding carboxylic acids is 2. The van der Waals surface area contributed by atoms with Gasteiger partial charge in [-0.2, -0.15) is 0 Å². The lowest BCUT2D eigenvalue weighted by atomic mass is 9.97. The van der Waals surface area contributed by atoms with Gasteiger partial charge in [0.15, 0.2) is 11.4 Å². The van der Waals surface area contributed by atoms with Crippen LogP contribution >= 0.6 is 15.9 Å². The molecule has 208 valence electrons. The van der Waals surface area contributed by atoms with Gasteiger partial charge in [0.2, 0.25) is 5.43 Å². The number of aromatic hydroxyl groups is 1. The van der Waals surface area contributed by atoms with E-state index in [0.29, 0.717) is 25.1 Å². The number of aromatic nitrogens is 1. The number of nitrogens with two attached hydrogens (primary N) is 1. The fourth-order valence-electron chi connectivity index (χ4n) is 4.57. The maximum atomic E-state index is 13.9. The Morgan fingerprint density at radius 2 is 1.77 bits per heavy atom. The molecule has 2 aliphatic heterocycles. The number of carbonyl (C=O) groups is 2. The molecule has 3 aromatic rings. The Morgan fingerprint density at radius 3 is 2.41 bits per heavy atom. The van der Waals surface area contributed by atoms with E-state index in [9.17, 15) is 32.7 Å². The van der Waals surface area contributed by atoms with Crippen molar-refractivity contribution < 1.29 is 27.9 Å². The summed E-state index contributed by atoms with van der Waals surface area (Å²) in [6.07, 6.45) is 1.76. The van der Waals surface area contributed by atoms with Gasteiger partial charge in [-0.05, 0) is 36.7 Å². The Hall–Kier alpha value is -3.64. The van der Waals surface area contributed by atoms with Crippen molar-refractivity contribution in [1.82, 2.24) is 14.8 Å². The van der Waals surface area contributed by atoms with Gasteiger partial charge in [-0.1, -0.05) is 35.8 Å². The molecule has 12 heteroatoms. The molecule has 0 radical (unpaired) electrons. The van der Waals surface area contributed by atoms with Crippen LogP contribution in [0.15, 0.2) is 45.8 Å². The van der Waals surface area contributed by atoms with Gasteiger partial charge in [0.1, 0.15) is 23.0 Å². The van der Waals surface area contributed by atoms with Crippen molar-refractivity contribution in [2.24, 2.45) is 5.73 Å². The number of halogens is 4. The zero-order chi connectivity index (χ0) is 29.0. The van der Waals surface area contributed by atoms with Gasteiger partial charge >= 0.3 is 0 Å². The van der Waals surface area contributed by atoms with Crippen LogP contribution in [0.25, 0.3) is 0 Å². The molecule has 0 fully saturated rings. The number of nitrogens with one attached hydrogen (secondary N) is 1. The molecule has 8 nitrogen and oxygen atoms in total. The third-order valence-electron chi connectivity index (χ3n) is 6.32. The normalized spacial score (nSPS) is 15.0. The number of hydrogen-bond donors (Lipinski definition) is 3. The molecule has 3 heterocycles. The number of rotatable bonds is 3. The fraction of sp³-hybridized carbons (Fsp3) is 0.296. The highest BCUT2D eigenvalue weighted by molar-refractivity contribution is 9.10. The van der Waals surface area contributed by atoms with Crippen LogP contribution in [0.5, 0.6) is 5.75 Å². The van der Waals surface area contributed by atoms with Gasteiger partial charge in [-0.25, -0.2) is 13.2 Å². The second-order valence-electron chi connectivity index (χ2n) is 8.37. The first-order valence-electron chi connectivity index (χ1n) is 12.2. The molecule has 1 atom stereocenters. The van der Waals surface area contributed by atoms with E-state index < -0.39 is 64.2 Å². The highest BCUT2D eigenvalue weighted by atomic mass is 79.9. The molecule has 4 N–H and O–H groups in total. The molecule has 1 aromatic heterocycles. The van der Waals surface area contributed by atoms with E-state index in [1.54, 1.807) is 4.90 Å². The molecule has 1 unspecified atom stereocenters. The molecule has 2 aliphatic rings. The minimum atomic E-state index is -1.20. The van der Waals surface area contributed by atoms with Crippen LogP contribution in [0.4, 0.5) is 13.2 Å². The van der Waals surface area contributed by atoms with Crippen molar-refractivity contribution in [2.75, 3.05) is 20.1 Å². The molecule has 2 aromatic carbocycles. The van der Waals surface area contributed by atoms with Gasteiger partial charge in [0.05, 0.1) is 6.04 Å². The summed E-state index contributed by atoms with van der Waals surface area (Å²) in [5, 5.41) is 12.9. The Bertz CT molecular complexity index is 1460. The summed E-state index contributed by atoms with van der Waals surface area (Å²) in [6.45, 7) is 4.00. The lowest BCUT2D eigenvalue weighted by molar-refractivity contribution is 0.0686. The average molecular weight is 609 g/mol. The third kappa shape index (κ3) is 5.71. The Labute approximate surface area is 231 Å². The van der Waals surface area contributed by atoms with Crippen LogP contribution in [-0.4, -0.2) is 46.5 Å². The molecule has 0 saturated carbocycles. The molecule has 0 aliphatic carbocycles. The van der Waals surface area contributed by atoms with Crippen LogP contribution < -0.4 is 16.5 Å². The minimum Gasteiger partial charge on any atom is -0.503 e. The maximum absolute atomic E-state index is 13.9. The standard InChI is InChI=1S/C24H17BrF3N3O4.C2H6.CH5N/c25-12-2-1-11-3-4-30-10-19(14(11)5-12)31-9-16(21(32)22(33)20(31)24(30)35)23(34)29-8-15-17(27)6-13(26)7-18(15)28;2*1-2/h1-2,5-7,9,19,33H,3-4,8,10H2,(H,29,34);1-2H3;2H2,1H3. The first-order chi connectivity index (χ1) is 18.7. The van der Waals surface area contributed by atoms with Crippen LogP contribution in [0.3, 0.4) is 0 Å². The molecular weight excluding hydrogens is 581 g/mol. The molecule has 2 bridgehead atoms. The van der Waals surface area contributed by atoms with E-state index in [4.69, 9.17) is 0 Å². The topological polar surface area (TPSA) is 118 Å². The highest BCUT2D eigenvalue weighted by Gasteiger charge is 2.38. The van der Waals surface area contributed by atoms with Gasteiger partial charge in [-0.15, -0.1) is 0 Å². The van der Waals surface area contributed by atoms with Crippen molar-refractivity contribution in [3.8, 4) is 5.75 Å². The highest BCUT2D eigenvalue weighted by Crippen LogP contribution is 2.36. The largest absolute Gasteiger partial charge is 0.503 e. The summed E-state index contributed by atoms with van der Waals surface area (Å²) in [7, 11) is 1.50. The van der Waals surface area contributed by atoms with Crippen molar-refractivity contribution in [3.63, 3.8) is 0 Å². The van der Waals surface area contributed by atoms with E-state index in [2.05, 4.69) is 27.0 Å². The fourth-order valence-corrected chi connectivity index (χ4v) is 4.95. The van der Waals surface area contributed by atoms with Gasteiger partial charge in [-0.3, -0.25) is 14.4 Å². The van der Waals surface area contributed by atoms with Gasteiger partial charge in [0, 0.05) is 48.0 Å². The molecule has 0 spiro atoms. The molecule has 2 amide bonds. The van der Waals surface area contributed by atoms with Crippen molar-refractivity contribution in [3.05, 3.63) is 96.6 Å². The Balaban J connectivity index is 0.00000100. The SMILES string of the molecule is CC.CN.O=C(NCc1c(F)cc(F)cc1F)c1cn2c(c(O)c1=O)C(=O)N1CCc3ccc(Br)cc3C2C1. The number of benzene rings is 2. The first-order valence-corrected chi connectivity index (χ1v) is 13.0. The lowest BCUT2D eigenvalue weighted by Crippen LogP contribution is -2.45. The van der Waals surface area contributed by atoms with Crippen LogP contribution in [-0.2, 0) is 13.0 Å². The molecule has 39 heavy (non-hydrogen) atoms. The minimum absolute atomic E-state index is 0.230. The Kier molecular flexibility index (Phi) is 9.57. The van der Waals surface area contributed by atoms with E-state index in [-0.39, 0.29) is 12.2 Å². The summed E-state index contributed by atoms with van der Waals surface area (Å²) >= 11 is 3.44. The quantitative estimate of drug-likeness (QED) is 0.417. The summed E-state index contributed by atoms with van der Waals surface area (Å²) in [4.78, 5) is 40.3. The summed E-state index contributed by atoms with van der Waals surface area (Å²) in [5.41, 5.74) is 3.93. The zero-order valence-electron chi connectivity index (χ0n) is 21.5. The third-order valence-corrected chi connectivity index (χ3v) is 6.82. The van der Waals surface area contributed by atoms with E-state index in [0.717, 1.165) is 15.6 Å². The first kappa shape index (κ1) is 29.9. The van der Waals surface area contributed by atoms with Crippen molar-refractivity contribution >= 4 is 27.7 Å². The predicted molar refractivity (Wildman–Crippen MR) is 143 cm³/mol. The second-order valence-corrected chi connectivity index (χ2v) is 9.28. The van der Waals surface area contributed by atoms with Crippen LogP contribution in [0.1, 0.15) is 57.4 Å². The second kappa shape index (κ2) is 12.5. The predicted octanol–water partition coefficient (Wildman–Crippen LogP) is 3.87. The smallest absolute Gasteiger partial charge is 0.274 e. The van der Waals surface area contributed by atoms with Crippen LogP contribution in [0, 0.1) is 17.5 Å². The maximum Gasteiger partial charge on any atom is 0.274 e. The van der Waals surface area contributed by atoms with Crippen molar-refractivity contribution in [2.45, 2.75) is 32.9 Å². The molecule has 0 saturated heterocycles. The summed E-state index contributed by atoms with van der Waals surface area (Å²) < 4.78 is 43.2. The van der Waals surface area contributed by atoms with E-state index in [1.807, 2.05) is 32.0 Å². The van der Waals surface area contributed by atoms with Gasteiger partial charge in [0.25, 0.3) is 11.8 Å². The molecular formula is C27H28BrF3N4O4. The number of nitrogens with zero attached hydrogens (tertiary/aromatic N) is 2. The number of fused-ring (bicyclic) bond motifs is 6. The number of pyridine rings is 1. The van der Waals surface area contributed by atoms with E-state index >= 15 is 0 Å². The number of hydrogen-bond acceptors (Lipinski definition) is 5. The van der Waals surface area contributed by atoms with Crippen molar-refractivity contribution in [1.29, 1.82) is 0 Å².